The maximum Gasteiger partial charge on any atom is 0.223 e. The molecule has 0 radical (unpaired) electrons. The van der Waals surface area contributed by atoms with Gasteiger partial charge in [0.15, 0.2) is 0 Å². The lowest BCUT2D eigenvalue weighted by atomic mass is 9.79. The number of rotatable bonds is 7. The Bertz CT molecular complexity index is 306. The van der Waals surface area contributed by atoms with E-state index in [2.05, 4.69) is 19.2 Å². The van der Waals surface area contributed by atoms with Gasteiger partial charge in [0.1, 0.15) is 0 Å². The average Bonchev–Trinajstić information content (AvgIpc) is 3.27. The molecule has 2 unspecified atom stereocenters. The maximum atomic E-state index is 12.4. The van der Waals surface area contributed by atoms with Gasteiger partial charge in [-0.15, -0.1) is 0 Å². The monoisotopic (exact) mass is 280 g/mol. The predicted octanol–water partition coefficient (Wildman–Crippen LogP) is 3.08. The van der Waals surface area contributed by atoms with Gasteiger partial charge in [-0.25, -0.2) is 0 Å². The van der Waals surface area contributed by atoms with Crippen LogP contribution >= 0.6 is 0 Å². The van der Waals surface area contributed by atoms with E-state index in [0.717, 1.165) is 12.3 Å². The first-order valence-corrected chi connectivity index (χ1v) is 8.61. The minimum atomic E-state index is 0.168. The lowest BCUT2D eigenvalue weighted by molar-refractivity contribution is -0.127. The molecule has 2 aliphatic rings. The number of carbonyl (C=O) groups is 1. The molecule has 3 N–H and O–H groups in total. The number of nitrogens with one attached hydrogen (secondary N) is 1. The molecular weight excluding hydrogens is 248 g/mol. The summed E-state index contributed by atoms with van der Waals surface area (Å²) in [5, 5.41) is 3.11. The molecule has 0 heterocycles. The molecule has 0 aliphatic heterocycles. The van der Waals surface area contributed by atoms with Gasteiger partial charge >= 0.3 is 0 Å². The summed E-state index contributed by atoms with van der Waals surface area (Å²) in [4.78, 5) is 12.4. The molecule has 3 heteroatoms. The van der Waals surface area contributed by atoms with Gasteiger partial charge in [0.2, 0.25) is 5.91 Å². The van der Waals surface area contributed by atoms with Gasteiger partial charge in [-0.05, 0) is 37.0 Å². The molecule has 0 bridgehead atoms. The van der Waals surface area contributed by atoms with Crippen molar-refractivity contribution in [3.05, 3.63) is 0 Å². The van der Waals surface area contributed by atoms with Gasteiger partial charge in [-0.3, -0.25) is 4.79 Å². The Kier molecular flexibility index (Phi) is 5.88. The van der Waals surface area contributed by atoms with Crippen molar-refractivity contribution in [2.75, 3.05) is 6.54 Å². The summed E-state index contributed by atoms with van der Waals surface area (Å²) in [5.74, 6) is 2.26. The molecule has 0 aromatic carbocycles. The third-order valence-corrected chi connectivity index (χ3v) is 5.19. The van der Waals surface area contributed by atoms with Crippen molar-refractivity contribution in [2.24, 2.45) is 29.4 Å². The number of nitrogens with two attached hydrogens (primary N) is 1. The summed E-state index contributed by atoms with van der Waals surface area (Å²) in [6.45, 7) is 5.01. The highest BCUT2D eigenvalue weighted by Crippen LogP contribution is 2.32. The Morgan fingerprint density at radius 3 is 2.35 bits per heavy atom. The van der Waals surface area contributed by atoms with Crippen LogP contribution in [0.5, 0.6) is 0 Å². The Labute approximate surface area is 124 Å². The van der Waals surface area contributed by atoms with E-state index in [1.807, 2.05) is 0 Å². The molecule has 0 saturated heterocycles. The summed E-state index contributed by atoms with van der Waals surface area (Å²) >= 11 is 0. The van der Waals surface area contributed by atoms with Crippen molar-refractivity contribution in [1.29, 1.82) is 0 Å². The first-order valence-electron chi connectivity index (χ1n) is 8.61. The topological polar surface area (TPSA) is 55.1 Å². The number of amides is 1. The van der Waals surface area contributed by atoms with Crippen LogP contribution < -0.4 is 11.1 Å². The van der Waals surface area contributed by atoms with E-state index in [4.69, 9.17) is 5.73 Å². The van der Waals surface area contributed by atoms with E-state index in [0.29, 0.717) is 18.4 Å². The van der Waals surface area contributed by atoms with E-state index in [1.54, 1.807) is 0 Å². The summed E-state index contributed by atoms with van der Waals surface area (Å²) in [6.07, 6.45) is 10.3. The van der Waals surface area contributed by atoms with Crippen molar-refractivity contribution in [3.63, 3.8) is 0 Å². The zero-order chi connectivity index (χ0) is 14.5. The highest BCUT2D eigenvalue weighted by atomic mass is 16.1. The fraction of sp³-hybridized carbons (Fsp3) is 0.941. The quantitative estimate of drug-likeness (QED) is 0.753. The van der Waals surface area contributed by atoms with Crippen LogP contribution in [-0.4, -0.2) is 18.5 Å². The SMILES string of the molecule is CC(C)C(CC1CCCCC1)C(=O)NCC(N)C1CC1. The van der Waals surface area contributed by atoms with Gasteiger partial charge in [0, 0.05) is 18.5 Å². The third kappa shape index (κ3) is 4.76. The number of hydrogen-bond donors (Lipinski definition) is 2. The molecule has 20 heavy (non-hydrogen) atoms. The second kappa shape index (κ2) is 7.44. The first kappa shape index (κ1) is 15.8. The molecule has 0 aromatic heterocycles. The molecule has 2 fully saturated rings. The summed E-state index contributed by atoms with van der Waals surface area (Å²) in [7, 11) is 0. The van der Waals surface area contributed by atoms with Crippen molar-refractivity contribution in [2.45, 2.75) is 71.3 Å². The fourth-order valence-electron chi connectivity index (χ4n) is 3.50. The van der Waals surface area contributed by atoms with Crippen molar-refractivity contribution < 1.29 is 4.79 Å². The van der Waals surface area contributed by atoms with Gasteiger partial charge in [0.25, 0.3) is 0 Å². The standard InChI is InChI=1S/C17H32N2O/c1-12(2)15(10-13-6-4-3-5-7-13)17(20)19-11-16(18)14-8-9-14/h12-16H,3-11,18H2,1-2H3,(H,19,20). The second-order valence-corrected chi connectivity index (χ2v) is 7.34. The van der Waals surface area contributed by atoms with Gasteiger partial charge in [-0.2, -0.15) is 0 Å². The average molecular weight is 280 g/mol. The van der Waals surface area contributed by atoms with E-state index in [1.165, 1.54) is 44.9 Å². The lowest BCUT2D eigenvalue weighted by Crippen LogP contribution is -2.42. The molecule has 2 atom stereocenters. The lowest BCUT2D eigenvalue weighted by Gasteiger charge is -2.28. The fourth-order valence-corrected chi connectivity index (χ4v) is 3.50. The summed E-state index contributed by atoms with van der Waals surface area (Å²) in [6, 6.07) is 0.168. The van der Waals surface area contributed by atoms with Gasteiger partial charge in [0.05, 0.1) is 0 Å². The molecule has 3 nitrogen and oxygen atoms in total. The Morgan fingerprint density at radius 2 is 1.80 bits per heavy atom. The molecule has 0 aromatic rings. The smallest absolute Gasteiger partial charge is 0.223 e. The van der Waals surface area contributed by atoms with Crippen molar-refractivity contribution >= 4 is 5.91 Å². The molecule has 2 aliphatic carbocycles. The molecule has 0 spiro atoms. The van der Waals surface area contributed by atoms with Crippen molar-refractivity contribution in [1.82, 2.24) is 5.32 Å². The maximum absolute atomic E-state index is 12.4. The predicted molar refractivity (Wildman–Crippen MR) is 83.2 cm³/mol. The zero-order valence-corrected chi connectivity index (χ0v) is 13.2. The largest absolute Gasteiger partial charge is 0.354 e. The Hall–Kier alpha value is -0.570. The number of carbonyl (C=O) groups excluding carboxylic acids is 1. The second-order valence-electron chi connectivity index (χ2n) is 7.34. The van der Waals surface area contributed by atoms with Crippen molar-refractivity contribution in [3.8, 4) is 0 Å². The Balaban J connectivity index is 1.78. The number of hydrogen-bond acceptors (Lipinski definition) is 2. The minimum Gasteiger partial charge on any atom is -0.354 e. The minimum absolute atomic E-state index is 0.168. The third-order valence-electron chi connectivity index (χ3n) is 5.19. The van der Waals surface area contributed by atoms with E-state index < -0.39 is 0 Å². The summed E-state index contributed by atoms with van der Waals surface area (Å²) in [5.41, 5.74) is 6.07. The normalized spacial score (nSPS) is 23.6. The van der Waals surface area contributed by atoms with E-state index in [-0.39, 0.29) is 17.9 Å². The molecule has 1 amide bonds. The van der Waals surface area contributed by atoms with Crippen LogP contribution in [-0.2, 0) is 4.79 Å². The van der Waals surface area contributed by atoms with Crippen LogP contribution in [0.3, 0.4) is 0 Å². The highest BCUT2D eigenvalue weighted by molar-refractivity contribution is 5.78. The molecule has 116 valence electrons. The van der Waals surface area contributed by atoms with Crippen LogP contribution in [0.4, 0.5) is 0 Å². The molecule has 2 rings (SSSR count). The van der Waals surface area contributed by atoms with Crippen LogP contribution in [0.1, 0.15) is 65.2 Å². The Morgan fingerprint density at radius 1 is 1.15 bits per heavy atom. The van der Waals surface area contributed by atoms with Crippen LogP contribution in [0.15, 0.2) is 0 Å². The van der Waals surface area contributed by atoms with Gasteiger partial charge in [-0.1, -0.05) is 46.0 Å². The first-order chi connectivity index (χ1) is 9.58. The zero-order valence-electron chi connectivity index (χ0n) is 13.2. The van der Waals surface area contributed by atoms with E-state index in [9.17, 15) is 4.79 Å². The molecule has 2 saturated carbocycles. The van der Waals surface area contributed by atoms with E-state index >= 15 is 0 Å². The summed E-state index contributed by atoms with van der Waals surface area (Å²) < 4.78 is 0. The van der Waals surface area contributed by atoms with Crippen LogP contribution in [0.25, 0.3) is 0 Å². The van der Waals surface area contributed by atoms with Crippen LogP contribution in [0, 0.1) is 23.7 Å². The van der Waals surface area contributed by atoms with Crippen LogP contribution in [0.2, 0.25) is 0 Å². The molecular formula is C17H32N2O. The van der Waals surface area contributed by atoms with Gasteiger partial charge < -0.3 is 11.1 Å². The highest BCUT2D eigenvalue weighted by Gasteiger charge is 2.30.